The van der Waals surface area contributed by atoms with Gasteiger partial charge in [0, 0.05) is 31.0 Å². The van der Waals surface area contributed by atoms with Gasteiger partial charge in [-0.25, -0.2) is 4.98 Å². The van der Waals surface area contributed by atoms with Crippen molar-refractivity contribution in [3.63, 3.8) is 0 Å². The van der Waals surface area contributed by atoms with Gasteiger partial charge in [0.1, 0.15) is 5.69 Å². The van der Waals surface area contributed by atoms with Crippen LogP contribution in [-0.4, -0.2) is 42.1 Å². The van der Waals surface area contributed by atoms with E-state index in [9.17, 15) is 4.79 Å². The van der Waals surface area contributed by atoms with Gasteiger partial charge in [-0.2, -0.15) is 0 Å². The fourth-order valence-corrected chi connectivity index (χ4v) is 3.94. The SMILES string of the molecule is CCC1(CC)[C@@H](OC)C[C@H]1N(C)C(=O)c1cscn1. The molecule has 5 heteroatoms. The van der Waals surface area contributed by atoms with E-state index in [0.717, 1.165) is 19.3 Å². The van der Waals surface area contributed by atoms with Gasteiger partial charge in [0.25, 0.3) is 5.91 Å². The van der Waals surface area contributed by atoms with Gasteiger partial charge < -0.3 is 9.64 Å². The van der Waals surface area contributed by atoms with Crippen molar-refractivity contribution in [3.8, 4) is 0 Å². The molecule has 106 valence electrons. The maximum atomic E-state index is 12.4. The summed E-state index contributed by atoms with van der Waals surface area (Å²) >= 11 is 1.46. The van der Waals surface area contributed by atoms with Gasteiger partial charge >= 0.3 is 0 Å². The third-order valence-corrected chi connectivity index (χ3v) is 5.37. The molecule has 1 amide bonds. The fourth-order valence-electron chi connectivity index (χ4n) is 3.42. The molecular weight excluding hydrogens is 260 g/mol. The zero-order chi connectivity index (χ0) is 14.0. The first-order valence-electron chi connectivity index (χ1n) is 6.78. The van der Waals surface area contributed by atoms with Crippen LogP contribution in [0.2, 0.25) is 0 Å². The van der Waals surface area contributed by atoms with E-state index in [1.807, 2.05) is 17.3 Å². The largest absolute Gasteiger partial charge is 0.381 e. The van der Waals surface area contributed by atoms with Crippen molar-refractivity contribution >= 4 is 17.2 Å². The summed E-state index contributed by atoms with van der Waals surface area (Å²) in [5.74, 6) is 0.0204. The van der Waals surface area contributed by atoms with E-state index in [0.29, 0.717) is 5.69 Å². The minimum atomic E-state index is 0.0204. The predicted molar refractivity (Wildman–Crippen MR) is 76.4 cm³/mol. The number of ether oxygens (including phenoxy) is 1. The van der Waals surface area contributed by atoms with Gasteiger partial charge in [-0.15, -0.1) is 11.3 Å². The highest BCUT2D eigenvalue weighted by Gasteiger charge is 2.55. The first-order valence-corrected chi connectivity index (χ1v) is 7.73. The zero-order valence-electron chi connectivity index (χ0n) is 12.0. The van der Waals surface area contributed by atoms with Crippen LogP contribution >= 0.6 is 11.3 Å². The molecule has 0 aliphatic heterocycles. The van der Waals surface area contributed by atoms with Crippen LogP contribution < -0.4 is 0 Å². The lowest BCUT2D eigenvalue weighted by molar-refractivity contribution is -0.147. The number of carbonyl (C=O) groups is 1. The standard InChI is InChI=1S/C14H22N2O2S/c1-5-14(6-2)11(7-12(14)18-4)16(3)13(17)10-8-19-9-15-10/h8-9,11-12H,5-7H2,1-4H3/t11-,12+/m1/s1. The Morgan fingerprint density at radius 1 is 1.58 bits per heavy atom. The van der Waals surface area contributed by atoms with Gasteiger partial charge in [-0.1, -0.05) is 13.8 Å². The first-order chi connectivity index (χ1) is 9.10. The Kier molecular flexibility index (Phi) is 4.26. The molecule has 0 unspecified atom stereocenters. The molecule has 4 nitrogen and oxygen atoms in total. The summed E-state index contributed by atoms with van der Waals surface area (Å²) in [5.41, 5.74) is 2.34. The number of amides is 1. The number of nitrogens with zero attached hydrogens (tertiary/aromatic N) is 2. The Bertz CT molecular complexity index is 429. The number of hydrogen-bond donors (Lipinski definition) is 0. The Morgan fingerprint density at radius 3 is 2.74 bits per heavy atom. The molecule has 0 aromatic carbocycles. The summed E-state index contributed by atoms with van der Waals surface area (Å²) < 4.78 is 5.58. The van der Waals surface area contributed by atoms with Crippen LogP contribution in [0.15, 0.2) is 10.9 Å². The minimum absolute atomic E-state index is 0.0204. The molecular formula is C14H22N2O2S. The Hall–Kier alpha value is -0.940. The van der Waals surface area contributed by atoms with Crippen molar-refractivity contribution in [1.82, 2.24) is 9.88 Å². The summed E-state index contributed by atoms with van der Waals surface area (Å²) in [5, 5.41) is 1.81. The van der Waals surface area contributed by atoms with E-state index in [2.05, 4.69) is 18.8 Å². The maximum Gasteiger partial charge on any atom is 0.273 e. The van der Waals surface area contributed by atoms with Crippen molar-refractivity contribution in [3.05, 3.63) is 16.6 Å². The molecule has 2 rings (SSSR count). The second-order valence-corrected chi connectivity index (χ2v) is 5.92. The van der Waals surface area contributed by atoms with Gasteiger partial charge in [0.15, 0.2) is 0 Å². The normalized spacial score (nSPS) is 24.8. The number of carbonyl (C=O) groups excluding carboxylic acids is 1. The molecule has 1 aromatic rings. The molecule has 19 heavy (non-hydrogen) atoms. The lowest BCUT2D eigenvalue weighted by Gasteiger charge is -2.57. The molecule has 0 bridgehead atoms. The molecule has 0 radical (unpaired) electrons. The van der Waals surface area contributed by atoms with Crippen LogP contribution in [0.1, 0.15) is 43.6 Å². The average molecular weight is 282 g/mol. The lowest BCUT2D eigenvalue weighted by atomic mass is 9.58. The van der Waals surface area contributed by atoms with Gasteiger partial charge in [-0.05, 0) is 19.3 Å². The minimum Gasteiger partial charge on any atom is -0.381 e. The van der Waals surface area contributed by atoms with E-state index in [4.69, 9.17) is 4.74 Å². The second-order valence-electron chi connectivity index (χ2n) is 5.21. The van der Waals surface area contributed by atoms with E-state index in [-0.39, 0.29) is 23.5 Å². The molecule has 0 spiro atoms. The summed E-state index contributed by atoms with van der Waals surface area (Å²) in [6.07, 6.45) is 3.24. The number of aromatic nitrogens is 1. The second kappa shape index (κ2) is 5.59. The van der Waals surface area contributed by atoms with E-state index in [1.54, 1.807) is 12.6 Å². The van der Waals surface area contributed by atoms with Crippen LogP contribution in [0.5, 0.6) is 0 Å². The van der Waals surface area contributed by atoms with E-state index < -0.39 is 0 Å². The quantitative estimate of drug-likeness (QED) is 0.834. The molecule has 2 atom stereocenters. The van der Waals surface area contributed by atoms with Crippen LogP contribution in [0.3, 0.4) is 0 Å². The van der Waals surface area contributed by atoms with Crippen molar-refractivity contribution in [1.29, 1.82) is 0 Å². The summed E-state index contributed by atoms with van der Waals surface area (Å²) in [4.78, 5) is 18.4. The van der Waals surface area contributed by atoms with Crippen molar-refractivity contribution in [2.24, 2.45) is 5.41 Å². The Balaban J connectivity index is 2.16. The zero-order valence-corrected chi connectivity index (χ0v) is 12.9. The number of rotatable bonds is 5. The topological polar surface area (TPSA) is 42.4 Å². The molecule has 1 aromatic heterocycles. The molecule has 0 N–H and O–H groups in total. The fraction of sp³-hybridized carbons (Fsp3) is 0.714. The maximum absolute atomic E-state index is 12.4. The van der Waals surface area contributed by atoms with Gasteiger partial charge in [0.2, 0.25) is 0 Å². The van der Waals surface area contributed by atoms with Crippen molar-refractivity contribution in [2.75, 3.05) is 14.2 Å². The monoisotopic (exact) mass is 282 g/mol. The molecule has 1 aliphatic rings. The van der Waals surface area contributed by atoms with Crippen LogP contribution in [0, 0.1) is 5.41 Å². The van der Waals surface area contributed by atoms with Crippen LogP contribution in [0.4, 0.5) is 0 Å². The highest BCUT2D eigenvalue weighted by Crippen LogP contribution is 2.51. The lowest BCUT2D eigenvalue weighted by Crippen LogP contribution is -2.64. The van der Waals surface area contributed by atoms with Gasteiger partial charge in [-0.3, -0.25) is 4.79 Å². The smallest absolute Gasteiger partial charge is 0.273 e. The summed E-state index contributed by atoms with van der Waals surface area (Å²) in [7, 11) is 3.65. The van der Waals surface area contributed by atoms with E-state index >= 15 is 0 Å². The van der Waals surface area contributed by atoms with Gasteiger partial charge in [0.05, 0.1) is 11.6 Å². The molecule has 1 fully saturated rings. The molecule has 1 heterocycles. The highest BCUT2D eigenvalue weighted by molar-refractivity contribution is 7.07. The Morgan fingerprint density at radius 2 is 2.26 bits per heavy atom. The van der Waals surface area contributed by atoms with Crippen LogP contribution in [0.25, 0.3) is 0 Å². The van der Waals surface area contributed by atoms with E-state index in [1.165, 1.54) is 11.3 Å². The third-order valence-electron chi connectivity index (χ3n) is 4.78. The summed E-state index contributed by atoms with van der Waals surface area (Å²) in [6, 6.07) is 0.252. The first kappa shape index (κ1) is 14.5. The highest BCUT2D eigenvalue weighted by atomic mass is 32.1. The van der Waals surface area contributed by atoms with Crippen molar-refractivity contribution in [2.45, 2.75) is 45.3 Å². The average Bonchev–Trinajstić information content (AvgIpc) is 2.92. The molecule has 1 saturated carbocycles. The van der Waals surface area contributed by atoms with Crippen LogP contribution in [-0.2, 0) is 4.74 Å². The Labute approximate surface area is 118 Å². The molecule has 1 aliphatic carbocycles. The predicted octanol–water partition coefficient (Wildman–Crippen LogP) is 2.81. The number of methoxy groups -OCH3 is 1. The summed E-state index contributed by atoms with van der Waals surface area (Å²) in [6.45, 7) is 4.37. The number of hydrogen-bond acceptors (Lipinski definition) is 4. The number of thiazole rings is 1. The third kappa shape index (κ3) is 2.19. The van der Waals surface area contributed by atoms with Crippen molar-refractivity contribution < 1.29 is 9.53 Å². The molecule has 0 saturated heterocycles.